The second-order valence-electron chi connectivity index (χ2n) is 2.92. The van der Waals surface area contributed by atoms with Crippen LogP contribution in [0.25, 0.3) is 5.76 Å². The molecular formula is C10H10N2O2. The Morgan fingerprint density at radius 1 is 1.36 bits per heavy atom. The fourth-order valence-corrected chi connectivity index (χ4v) is 1.27. The Bertz CT molecular complexity index is 373. The van der Waals surface area contributed by atoms with Gasteiger partial charge in [0.05, 0.1) is 6.54 Å². The molecule has 0 unspecified atom stereocenters. The molecule has 4 heteroatoms. The van der Waals surface area contributed by atoms with Crippen LogP contribution in [-0.4, -0.2) is 17.6 Å². The number of amides is 2. The molecule has 0 saturated carbocycles. The minimum absolute atomic E-state index is 0.402. The molecule has 1 aliphatic rings. The third-order valence-corrected chi connectivity index (χ3v) is 1.96. The van der Waals surface area contributed by atoms with Gasteiger partial charge in [0.15, 0.2) is 5.76 Å². The smallest absolute Gasteiger partial charge is 0.348 e. The molecule has 1 aromatic rings. The molecule has 0 atom stereocenters. The van der Waals surface area contributed by atoms with Crippen molar-refractivity contribution in [3.8, 4) is 0 Å². The number of hydrogen-bond donors (Lipinski definition) is 1. The first-order chi connectivity index (χ1) is 6.77. The molecule has 0 spiro atoms. The van der Waals surface area contributed by atoms with Crippen LogP contribution in [0.2, 0.25) is 0 Å². The second kappa shape index (κ2) is 3.41. The van der Waals surface area contributed by atoms with E-state index >= 15 is 0 Å². The predicted molar refractivity (Wildman–Crippen MR) is 51.8 cm³/mol. The zero-order valence-electron chi connectivity index (χ0n) is 7.51. The van der Waals surface area contributed by atoms with Crippen LogP contribution in [0, 0.1) is 0 Å². The number of primary amides is 1. The maximum Gasteiger partial charge on any atom is 0.348 e. The van der Waals surface area contributed by atoms with Crippen molar-refractivity contribution in [3.63, 3.8) is 0 Å². The van der Waals surface area contributed by atoms with Gasteiger partial charge in [0.1, 0.15) is 0 Å². The van der Waals surface area contributed by atoms with Crippen molar-refractivity contribution in [1.29, 1.82) is 0 Å². The molecule has 4 nitrogen and oxygen atoms in total. The number of rotatable bonds is 1. The van der Waals surface area contributed by atoms with Crippen LogP contribution in [0.15, 0.2) is 36.4 Å². The number of urea groups is 1. The van der Waals surface area contributed by atoms with Crippen molar-refractivity contribution in [3.05, 3.63) is 42.0 Å². The Balaban J connectivity index is 2.13. The number of nitrogens with two attached hydrogens (primary N) is 1. The minimum atomic E-state index is -0.577. The summed E-state index contributed by atoms with van der Waals surface area (Å²) in [5, 5.41) is 1.11. The quantitative estimate of drug-likeness (QED) is 0.726. The predicted octanol–water partition coefficient (Wildman–Crippen LogP) is 1.35. The highest BCUT2D eigenvalue weighted by molar-refractivity contribution is 5.74. The Morgan fingerprint density at radius 2 is 2.07 bits per heavy atom. The first-order valence-corrected chi connectivity index (χ1v) is 4.28. The standard InChI is InChI=1S/C10H10N2O2/c11-10(13)12-7-6-9(14-12)8-4-2-1-3-5-8/h1-6H,7H2,(H2,11,13). The van der Waals surface area contributed by atoms with Gasteiger partial charge in [-0.05, 0) is 6.08 Å². The molecule has 1 aliphatic heterocycles. The summed E-state index contributed by atoms with van der Waals surface area (Å²) in [4.78, 5) is 16.0. The largest absolute Gasteiger partial charge is 0.375 e. The fraction of sp³-hybridized carbons (Fsp3) is 0.100. The van der Waals surface area contributed by atoms with E-state index in [4.69, 9.17) is 10.6 Å². The minimum Gasteiger partial charge on any atom is -0.375 e. The SMILES string of the molecule is NC(=O)N1CC=C(c2ccccc2)O1. The van der Waals surface area contributed by atoms with Gasteiger partial charge >= 0.3 is 6.03 Å². The summed E-state index contributed by atoms with van der Waals surface area (Å²) >= 11 is 0. The van der Waals surface area contributed by atoms with E-state index in [1.807, 2.05) is 36.4 Å². The van der Waals surface area contributed by atoms with Crippen LogP contribution in [0.3, 0.4) is 0 Å². The van der Waals surface area contributed by atoms with Crippen molar-refractivity contribution in [2.45, 2.75) is 0 Å². The average Bonchev–Trinajstić information content (AvgIpc) is 2.68. The van der Waals surface area contributed by atoms with Crippen LogP contribution in [0.5, 0.6) is 0 Å². The highest BCUT2D eigenvalue weighted by Gasteiger charge is 2.19. The van der Waals surface area contributed by atoms with E-state index in [1.54, 1.807) is 0 Å². The topological polar surface area (TPSA) is 55.6 Å². The zero-order chi connectivity index (χ0) is 9.97. The van der Waals surface area contributed by atoms with E-state index < -0.39 is 6.03 Å². The first-order valence-electron chi connectivity index (χ1n) is 4.28. The molecule has 72 valence electrons. The molecular weight excluding hydrogens is 180 g/mol. The second-order valence-corrected chi connectivity index (χ2v) is 2.92. The number of hydrogen-bond acceptors (Lipinski definition) is 2. The van der Waals surface area contributed by atoms with Crippen LogP contribution in [-0.2, 0) is 4.84 Å². The van der Waals surface area contributed by atoms with Crippen molar-refractivity contribution < 1.29 is 9.63 Å². The van der Waals surface area contributed by atoms with E-state index in [-0.39, 0.29) is 0 Å². The first kappa shape index (κ1) is 8.62. The van der Waals surface area contributed by atoms with Gasteiger partial charge in [-0.2, -0.15) is 5.06 Å². The lowest BCUT2D eigenvalue weighted by atomic mass is 10.2. The molecule has 14 heavy (non-hydrogen) atoms. The van der Waals surface area contributed by atoms with Crippen molar-refractivity contribution >= 4 is 11.8 Å². The van der Waals surface area contributed by atoms with E-state index in [0.29, 0.717) is 12.3 Å². The molecule has 2 amide bonds. The molecule has 1 aromatic carbocycles. The van der Waals surface area contributed by atoms with E-state index in [1.165, 1.54) is 0 Å². The van der Waals surface area contributed by atoms with E-state index in [0.717, 1.165) is 10.6 Å². The van der Waals surface area contributed by atoms with Gasteiger partial charge in [-0.25, -0.2) is 4.79 Å². The van der Waals surface area contributed by atoms with Crippen molar-refractivity contribution in [2.75, 3.05) is 6.54 Å². The highest BCUT2D eigenvalue weighted by Crippen LogP contribution is 2.21. The van der Waals surface area contributed by atoms with Crippen molar-refractivity contribution in [2.24, 2.45) is 5.73 Å². The zero-order valence-corrected chi connectivity index (χ0v) is 7.51. The third kappa shape index (κ3) is 1.54. The monoisotopic (exact) mass is 190 g/mol. The Labute approximate surface area is 81.5 Å². The number of hydroxylamine groups is 2. The van der Waals surface area contributed by atoms with Gasteiger partial charge in [-0.15, -0.1) is 0 Å². The highest BCUT2D eigenvalue weighted by atomic mass is 16.7. The van der Waals surface area contributed by atoms with Gasteiger partial charge in [0, 0.05) is 5.56 Å². The van der Waals surface area contributed by atoms with Gasteiger partial charge in [-0.1, -0.05) is 30.3 Å². The van der Waals surface area contributed by atoms with E-state index in [2.05, 4.69) is 0 Å². The summed E-state index contributed by atoms with van der Waals surface area (Å²) in [7, 11) is 0. The molecule has 0 saturated heterocycles. The van der Waals surface area contributed by atoms with Crippen LogP contribution < -0.4 is 5.73 Å². The maximum atomic E-state index is 10.8. The van der Waals surface area contributed by atoms with Crippen LogP contribution in [0.1, 0.15) is 5.56 Å². The summed E-state index contributed by atoms with van der Waals surface area (Å²) in [6.45, 7) is 0.402. The molecule has 0 radical (unpaired) electrons. The van der Waals surface area contributed by atoms with Crippen molar-refractivity contribution in [1.82, 2.24) is 5.06 Å². The van der Waals surface area contributed by atoms with Crippen LogP contribution in [0.4, 0.5) is 4.79 Å². The van der Waals surface area contributed by atoms with Gasteiger partial charge < -0.3 is 10.6 Å². The summed E-state index contributed by atoms with van der Waals surface area (Å²) in [6.07, 6.45) is 1.82. The normalized spacial score (nSPS) is 14.9. The maximum absolute atomic E-state index is 10.8. The molecule has 0 aromatic heterocycles. The Morgan fingerprint density at radius 3 is 2.64 bits per heavy atom. The number of carbonyl (C=O) groups is 1. The molecule has 0 fully saturated rings. The molecule has 2 rings (SSSR count). The number of benzene rings is 1. The third-order valence-electron chi connectivity index (χ3n) is 1.96. The molecule has 0 bridgehead atoms. The van der Waals surface area contributed by atoms with E-state index in [9.17, 15) is 4.79 Å². The molecule has 0 aliphatic carbocycles. The van der Waals surface area contributed by atoms with Crippen LogP contribution >= 0.6 is 0 Å². The Kier molecular flexibility index (Phi) is 2.10. The fourth-order valence-electron chi connectivity index (χ4n) is 1.27. The van der Waals surface area contributed by atoms with Gasteiger partial charge in [0.2, 0.25) is 0 Å². The van der Waals surface area contributed by atoms with Gasteiger partial charge in [-0.3, -0.25) is 0 Å². The summed E-state index contributed by atoms with van der Waals surface area (Å²) in [6, 6.07) is 8.99. The lowest BCUT2D eigenvalue weighted by Crippen LogP contribution is -2.32. The lowest BCUT2D eigenvalue weighted by molar-refractivity contribution is -0.0113. The molecule has 1 heterocycles. The summed E-state index contributed by atoms with van der Waals surface area (Å²) in [5.41, 5.74) is 6.01. The van der Waals surface area contributed by atoms with Gasteiger partial charge in [0.25, 0.3) is 0 Å². The Hall–Kier alpha value is -1.97. The average molecular weight is 190 g/mol. The molecule has 2 N–H and O–H groups in total. The lowest BCUT2D eigenvalue weighted by Gasteiger charge is -2.13. The summed E-state index contributed by atoms with van der Waals surface area (Å²) in [5.74, 6) is 0.671. The number of nitrogens with zero attached hydrogens (tertiary/aromatic N) is 1. The number of carbonyl (C=O) groups excluding carboxylic acids is 1. The summed E-state index contributed by atoms with van der Waals surface area (Å²) < 4.78 is 0.